The standard InChI is InChI=1S/C30H34ClIN2O4S/c1-18(2)15-34(29(37)30(3,4)5)24-14-20(10-11-25(24)38-6)21(16-35)12-19-13-26(39-17-19)33-28(36)27-22(31)8-7-9-23(27)32/h7-11,13-14,16-18,21H,12,15H2,1-6H3,(H,33,36). The monoisotopic (exact) mass is 680 g/mol. The second-order valence-electron chi connectivity index (χ2n) is 10.8. The van der Waals surface area contributed by atoms with Crippen LogP contribution in [0.25, 0.3) is 0 Å². The van der Waals surface area contributed by atoms with Gasteiger partial charge in [0, 0.05) is 21.4 Å². The lowest BCUT2D eigenvalue weighted by molar-refractivity contribution is -0.125. The summed E-state index contributed by atoms with van der Waals surface area (Å²) < 4.78 is 6.39. The maximum Gasteiger partial charge on any atom is 0.258 e. The quantitative estimate of drug-likeness (QED) is 0.175. The average molecular weight is 681 g/mol. The summed E-state index contributed by atoms with van der Waals surface area (Å²) in [6.45, 7) is 10.3. The number of benzene rings is 2. The van der Waals surface area contributed by atoms with E-state index < -0.39 is 11.3 Å². The lowest BCUT2D eigenvalue weighted by atomic mass is 9.91. The Kier molecular flexibility index (Phi) is 10.6. The van der Waals surface area contributed by atoms with Crippen LogP contribution >= 0.6 is 45.5 Å². The van der Waals surface area contributed by atoms with Crippen molar-refractivity contribution in [1.29, 1.82) is 0 Å². The summed E-state index contributed by atoms with van der Waals surface area (Å²) in [5, 5.41) is 5.91. The highest BCUT2D eigenvalue weighted by Crippen LogP contribution is 2.36. The van der Waals surface area contributed by atoms with Crippen LogP contribution in [0.4, 0.5) is 10.7 Å². The van der Waals surface area contributed by atoms with E-state index >= 15 is 0 Å². The Labute approximate surface area is 253 Å². The maximum absolute atomic E-state index is 13.4. The van der Waals surface area contributed by atoms with Crippen molar-refractivity contribution in [2.45, 2.75) is 47.0 Å². The van der Waals surface area contributed by atoms with Crippen LogP contribution in [0, 0.1) is 14.9 Å². The Balaban J connectivity index is 1.87. The number of rotatable bonds is 10. The van der Waals surface area contributed by atoms with E-state index in [1.54, 1.807) is 24.1 Å². The van der Waals surface area contributed by atoms with Gasteiger partial charge in [0.15, 0.2) is 0 Å². The first-order chi connectivity index (χ1) is 18.3. The number of hydrogen-bond donors (Lipinski definition) is 1. The summed E-state index contributed by atoms with van der Waals surface area (Å²) in [4.78, 5) is 40.3. The van der Waals surface area contributed by atoms with Crippen molar-refractivity contribution in [3.63, 3.8) is 0 Å². The van der Waals surface area contributed by atoms with Gasteiger partial charge in [-0.1, -0.05) is 58.4 Å². The molecule has 0 aliphatic heterocycles. The van der Waals surface area contributed by atoms with Gasteiger partial charge in [-0.2, -0.15) is 0 Å². The smallest absolute Gasteiger partial charge is 0.258 e. The molecule has 0 aliphatic carbocycles. The molecule has 0 saturated heterocycles. The highest BCUT2D eigenvalue weighted by Gasteiger charge is 2.31. The second kappa shape index (κ2) is 13.3. The fraction of sp³-hybridized carbons (Fsp3) is 0.367. The van der Waals surface area contributed by atoms with Gasteiger partial charge < -0.3 is 19.7 Å². The molecule has 0 fully saturated rings. The summed E-state index contributed by atoms with van der Waals surface area (Å²) in [6, 6.07) is 12.8. The summed E-state index contributed by atoms with van der Waals surface area (Å²) >= 11 is 9.73. The Hall–Kier alpha value is -2.43. The minimum absolute atomic E-state index is 0.0132. The van der Waals surface area contributed by atoms with Crippen molar-refractivity contribution in [3.8, 4) is 5.75 Å². The van der Waals surface area contributed by atoms with Crippen molar-refractivity contribution in [1.82, 2.24) is 0 Å². The third-order valence-electron chi connectivity index (χ3n) is 6.06. The van der Waals surface area contributed by atoms with E-state index in [1.807, 2.05) is 56.5 Å². The van der Waals surface area contributed by atoms with Crippen LogP contribution in [-0.2, 0) is 16.0 Å². The topological polar surface area (TPSA) is 75.7 Å². The molecular formula is C30H34ClIN2O4S. The number of hydrogen-bond acceptors (Lipinski definition) is 5. The summed E-state index contributed by atoms with van der Waals surface area (Å²) in [5.74, 6) is 0.0824. The molecule has 0 spiro atoms. The van der Waals surface area contributed by atoms with Gasteiger partial charge in [-0.05, 0) is 81.8 Å². The van der Waals surface area contributed by atoms with Crippen LogP contribution in [0.3, 0.4) is 0 Å². The largest absolute Gasteiger partial charge is 0.495 e. The van der Waals surface area contributed by atoms with Gasteiger partial charge in [-0.25, -0.2) is 0 Å². The first-order valence-corrected chi connectivity index (χ1v) is 15.0. The van der Waals surface area contributed by atoms with E-state index in [9.17, 15) is 14.4 Å². The molecule has 1 N–H and O–H groups in total. The minimum atomic E-state index is -0.584. The van der Waals surface area contributed by atoms with Gasteiger partial charge in [-0.3, -0.25) is 9.59 Å². The number of carbonyl (C=O) groups excluding carboxylic acids is 3. The second-order valence-corrected chi connectivity index (χ2v) is 13.3. The highest BCUT2D eigenvalue weighted by molar-refractivity contribution is 14.1. The van der Waals surface area contributed by atoms with Crippen molar-refractivity contribution in [2.75, 3.05) is 23.9 Å². The van der Waals surface area contributed by atoms with Gasteiger partial charge in [0.25, 0.3) is 5.91 Å². The zero-order valence-corrected chi connectivity index (χ0v) is 26.7. The number of carbonyl (C=O) groups is 3. The van der Waals surface area contributed by atoms with Crippen LogP contribution in [0.15, 0.2) is 47.8 Å². The number of aldehydes is 1. The van der Waals surface area contributed by atoms with E-state index in [0.717, 1.165) is 21.0 Å². The molecule has 0 bridgehead atoms. The molecular weight excluding hydrogens is 647 g/mol. The van der Waals surface area contributed by atoms with E-state index in [4.69, 9.17) is 16.3 Å². The first kappa shape index (κ1) is 31.1. The van der Waals surface area contributed by atoms with Gasteiger partial charge >= 0.3 is 0 Å². The zero-order chi connectivity index (χ0) is 28.9. The predicted molar refractivity (Wildman–Crippen MR) is 169 cm³/mol. The Bertz CT molecular complexity index is 1330. The normalized spacial score (nSPS) is 12.2. The molecule has 0 aliphatic rings. The summed E-state index contributed by atoms with van der Waals surface area (Å²) in [6.07, 6.45) is 1.37. The third-order valence-corrected chi connectivity index (χ3v) is 8.16. The first-order valence-electron chi connectivity index (χ1n) is 12.6. The number of amides is 2. The van der Waals surface area contributed by atoms with Crippen molar-refractivity contribution >= 4 is 74.3 Å². The minimum Gasteiger partial charge on any atom is -0.495 e. The van der Waals surface area contributed by atoms with Crippen LogP contribution in [0.2, 0.25) is 5.02 Å². The maximum atomic E-state index is 13.4. The van der Waals surface area contributed by atoms with E-state index in [-0.39, 0.29) is 17.7 Å². The van der Waals surface area contributed by atoms with E-state index in [1.165, 1.54) is 11.3 Å². The zero-order valence-electron chi connectivity index (χ0n) is 23.0. The number of ether oxygens (including phenoxy) is 1. The molecule has 6 nitrogen and oxygen atoms in total. The van der Waals surface area contributed by atoms with Crippen LogP contribution in [-0.4, -0.2) is 31.8 Å². The Morgan fingerprint density at radius 2 is 1.90 bits per heavy atom. The summed E-state index contributed by atoms with van der Waals surface area (Å²) in [5.41, 5.74) is 2.21. The van der Waals surface area contributed by atoms with Crippen molar-refractivity contribution in [2.24, 2.45) is 11.3 Å². The van der Waals surface area contributed by atoms with Crippen LogP contribution < -0.4 is 15.0 Å². The predicted octanol–water partition coefficient (Wildman–Crippen LogP) is 7.83. The molecule has 1 atom stereocenters. The highest BCUT2D eigenvalue weighted by atomic mass is 127. The number of nitrogens with zero attached hydrogens (tertiary/aromatic N) is 1. The number of anilines is 2. The fourth-order valence-electron chi connectivity index (χ4n) is 4.15. The average Bonchev–Trinajstić information content (AvgIpc) is 3.31. The summed E-state index contributed by atoms with van der Waals surface area (Å²) in [7, 11) is 1.58. The number of halogens is 2. The van der Waals surface area contributed by atoms with Gasteiger partial charge in [0.2, 0.25) is 5.91 Å². The van der Waals surface area contributed by atoms with Gasteiger partial charge in [0.05, 0.1) is 28.4 Å². The van der Waals surface area contributed by atoms with E-state index in [0.29, 0.717) is 40.0 Å². The Morgan fingerprint density at radius 3 is 2.49 bits per heavy atom. The molecule has 1 unspecified atom stereocenters. The molecule has 0 saturated carbocycles. The molecule has 1 heterocycles. The van der Waals surface area contributed by atoms with Crippen molar-refractivity contribution in [3.05, 3.63) is 73.1 Å². The number of nitrogens with one attached hydrogen (secondary N) is 1. The van der Waals surface area contributed by atoms with Crippen LogP contribution in [0.5, 0.6) is 5.75 Å². The molecule has 2 amide bonds. The molecule has 1 aromatic heterocycles. The van der Waals surface area contributed by atoms with Crippen LogP contribution in [0.1, 0.15) is 62.0 Å². The molecule has 2 aromatic carbocycles. The molecule has 3 rings (SSSR count). The number of methoxy groups -OCH3 is 1. The lowest BCUT2D eigenvalue weighted by Gasteiger charge is -2.32. The Morgan fingerprint density at radius 1 is 1.18 bits per heavy atom. The molecule has 9 heteroatoms. The SMILES string of the molecule is COc1ccc(C(C=O)Cc2csc(NC(=O)c3c(Cl)cccc3I)c2)cc1N(CC(C)C)C(=O)C(C)(C)C. The van der Waals surface area contributed by atoms with Crippen molar-refractivity contribution < 1.29 is 19.1 Å². The fourth-order valence-corrected chi connectivity index (χ4v) is 6.12. The van der Waals surface area contributed by atoms with Gasteiger partial charge in [0.1, 0.15) is 12.0 Å². The van der Waals surface area contributed by atoms with Gasteiger partial charge in [-0.15, -0.1) is 11.3 Å². The third kappa shape index (κ3) is 7.83. The molecule has 3 aromatic rings. The molecule has 208 valence electrons. The number of thiophene rings is 1. The molecule has 39 heavy (non-hydrogen) atoms. The van der Waals surface area contributed by atoms with E-state index in [2.05, 4.69) is 41.8 Å². The molecule has 0 radical (unpaired) electrons. The lowest BCUT2D eigenvalue weighted by Crippen LogP contribution is -2.42.